The molecule has 0 bridgehead atoms. The summed E-state index contributed by atoms with van der Waals surface area (Å²) < 4.78 is 47.1. The van der Waals surface area contributed by atoms with Gasteiger partial charge in [0, 0.05) is 0 Å². The molecule has 0 spiro atoms. The van der Waals surface area contributed by atoms with Gasteiger partial charge in [-0.15, -0.1) is 0 Å². The molecule has 5 rings (SSSR count). The normalized spacial score (nSPS) is 15.1. The molecule has 0 atom stereocenters. The Hall–Kier alpha value is -2.66. The Balaban J connectivity index is 1.37. The van der Waals surface area contributed by atoms with Crippen molar-refractivity contribution in [2.45, 2.75) is 12.8 Å². The lowest BCUT2D eigenvalue weighted by Crippen LogP contribution is -2.27. The van der Waals surface area contributed by atoms with E-state index in [9.17, 15) is 18.0 Å². The Morgan fingerprint density at radius 2 is 1.63 bits per heavy atom. The van der Waals surface area contributed by atoms with Crippen LogP contribution in [-0.4, -0.2) is 10.2 Å². The Bertz CT molecular complexity index is 1590. The first kappa shape index (κ1) is 26.9. The summed E-state index contributed by atoms with van der Waals surface area (Å²) in [5, 5.41) is 2.24. The number of carbonyl (C=O) groups is 1. The van der Waals surface area contributed by atoms with Crippen molar-refractivity contribution in [3.05, 3.63) is 109 Å². The van der Waals surface area contributed by atoms with Gasteiger partial charge in [-0.3, -0.25) is 9.69 Å². The molecule has 0 unspecified atom stereocenters. The van der Waals surface area contributed by atoms with Crippen LogP contribution >= 0.6 is 55.8 Å². The maximum atomic E-state index is 13.2. The molecule has 0 saturated carbocycles. The zero-order valence-electron chi connectivity index (χ0n) is 19.3. The van der Waals surface area contributed by atoms with E-state index in [0.717, 1.165) is 45.1 Å². The van der Waals surface area contributed by atoms with E-state index in [0.29, 0.717) is 31.8 Å². The molecular formula is C28H16Br2F3NO2S2. The van der Waals surface area contributed by atoms with Gasteiger partial charge in [0.15, 0.2) is 4.32 Å². The van der Waals surface area contributed by atoms with Gasteiger partial charge in [-0.2, -0.15) is 13.2 Å². The number of fused-ring (bicyclic) bond motifs is 1. The molecule has 192 valence electrons. The number of benzene rings is 4. The summed E-state index contributed by atoms with van der Waals surface area (Å²) in [4.78, 5) is 14.5. The van der Waals surface area contributed by atoms with Crippen molar-refractivity contribution < 1.29 is 22.7 Å². The summed E-state index contributed by atoms with van der Waals surface area (Å²) in [5.41, 5.74) is 0.959. The maximum absolute atomic E-state index is 13.2. The predicted octanol–water partition coefficient (Wildman–Crippen LogP) is 9.37. The summed E-state index contributed by atoms with van der Waals surface area (Å²) >= 11 is 13.5. The molecule has 0 radical (unpaired) electrons. The fourth-order valence-electron chi connectivity index (χ4n) is 4.03. The van der Waals surface area contributed by atoms with Gasteiger partial charge in [-0.05, 0) is 90.2 Å². The first-order chi connectivity index (χ1) is 18.1. The third kappa shape index (κ3) is 5.54. The second kappa shape index (κ2) is 10.8. The zero-order valence-corrected chi connectivity index (χ0v) is 24.1. The molecule has 10 heteroatoms. The number of ether oxygens (including phenoxy) is 1. The van der Waals surface area contributed by atoms with Gasteiger partial charge in [0.2, 0.25) is 0 Å². The van der Waals surface area contributed by atoms with Crippen molar-refractivity contribution in [3.63, 3.8) is 0 Å². The van der Waals surface area contributed by atoms with E-state index in [1.807, 2.05) is 24.3 Å². The molecule has 1 fully saturated rings. The molecule has 4 aromatic rings. The van der Waals surface area contributed by atoms with Crippen LogP contribution in [0.15, 0.2) is 92.7 Å². The molecule has 1 aliphatic rings. The van der Waals surface area contributed by atoms with Crippen LogP contribution in [0.2, 0.25) is 0 Å². The number of hydrogen-bond acceptors (Lipinski definition) is 4. The largest absolute Gasteiger partial charge is 0.487 e. The highest BCUT2D eigenvalue weighted by Gasteiger charge is 2.36. The third-order valence-corrected chi connectivity index (χ3v) is 8.28. The molecule has 1 amide bonds. The number of thioether (sulfide) groups is 1. The number of hydrogen-bond donors (Lipinski definition) is 0. The van der Waals surface area contributed by atoms with Gasteiger partial charge in [0.25, 0.3) is 5.91 Å². The minimum atomic E-state index is -4.53. The second-order valence-electron chi connectivity index (χ2n) is 8.31. The van der Waals surface area contributed by atoms with Crippen LogP contribution in [0.3, 0.4) is 0 Å². The topological polar surface area (TPSA) is 29.5 Å². The second-order valence-corrected chi connectivity index (χ2v) is 11.7. The summed E-state index contributed by atoms with van der Waals surface area (Å²) in [6, 6.07) is 22.3. The van der Waals surface area contributed by atoms with Crippen molar-refractivity contribution in [2.24, 2.45) is 0 Å². The fourth-order valence-corrected chi connectivity index (χ4v) is 6.78. The average Bonchev–Trinajstić information content (AvgIpc) is 3.15. The lowest BCUT2D eigenvalue weighted by Gasteiger charge is -2.16. The highest BCUT2D eigenvalue weighted by Crippen LogP contribution is 2.40. The number of rotatable bonds is 5. The number of anilines is 1. The summed E-state index contributed by atoms with van der Waals surface area (Å²) in [7, 11) is 0. The van der Waals surface area contributed by atoms with E-state index < -0.39 is 17.6 Å². The van der Waals surface area contributed by atoms with Crippen LogP contribution in [0.5, 0.6) is 5.75 Å². The van der Waals surface area contributed by atoms with E-state index in [-0.39, 0.29) is 10.0 Å². The lowest BCUT2D eigenvalue weighted by atomic mass is 10.1. The molecule has 3 nitrogen and oxygen atoms in total. The molecule has 1 saturated heterocycles. The van der Waals surface area contributed by atoms with Crippen LogP contribution in [0.4, 0.5) is 18.9 Å². The highest BCUT2D eigenvalue weighted by atomic mass is 79.9. The van der Waals surface area contributed by atoms with Crippen LogP contribution < -0.4 is 9.64 Å². The molecule has 38 heavy (non-hydrogen) atoms. The van der Waals surface area contributed by atoms with E-state index in [1.54, 1.807) is 18.2 Å². The smallest absolute Gasteiger partial charge is 0.416 e. The van der Waals surface area contributed by atoms with Gasteiger partial charge < -0.3 is 4.74 Å². The average molecular weight is 679 g/mol. The van der Waals surface area contributed by atoms with E-state index in [4.69, 9.17) is 17.0 Å². The van der Waals surface area contributed by atoms with Gasteiger partial charge in [-0.25, -0.2) is 0 Å². The van der Waals surface area contributed by atoms with Crippen molar-refractivity contribution in [2.75, 3.05) is 4.90 Å². The van der Waals surface area contributed by atoms with Crippen molar-refractivity contribution >= 4 is 88.6 Å². The third-order valence-electron chi connectivity index (χ3n) is 5.80. The Morgan fingerprint density at radius 1 is 0.947 bits per heavy atom. The Labute approximate surface area is 242 Å². The number of halogens is 5. The van der Waals surface area contributed by atoms with Crippen molar-refractivity contribution in [1.82, 2.24) is 0 Å². The van der Waals surface area contributed by atoms with E-state index in [2.05, 4.69) is 50.1 Å². The van der Waals surface area contributed by atoms with Gasteiger partial charge in [0.05, 0.1) is 25.1 Å². The van der Waals surface area contributed by atoms with Crippen molar-refractivity contribution in [1.29, 1.82) is 0 Å². The van der Waals surface area contributed by atoms with E-state index in [1.165, 1.54) is 12.1 Å². The molecule has 1 aliphatic heterocycles. The Kier molecular flexibility index (Phi) is 7.68. The van der Waals surface area contributed by atoms with Crippen molar-refractivity contribution in [3.8, 4) is 5.75 Å². The standard InChI is InChI=1S/C28H16Br2F3NO2S2/c29-22-11-16(12-23(30)25(22)36-15-18-7-3-6-17-5-1-2-10-21(17)18)13-24-26(35)34(27(37)38-24)20-9-4-8-19(14-20)28(31,32)33/h1-14H,15H2/b24-13+. The molecule has 0 aromatic heterocycles. The fraction of sp³-hybridized carbons (Fsp3) is 0.0714. The van der Waals surface area contributed by atoms with Crippen LogP contribution in [0.1, 0.15) is 16.7 Å². The number of thiocarbonyl (C=S) groups is 1. The van der Waals surface area contributed by atoms with Gasteiger partial charge in [-0.1, -0.05) is 72.5 Å². The summed E-state index contributed by atoms with van der Waals surface area (Å²) in [6.07, 6.45) is -2.88. The molecule has 4 aromatic carbocycles. The molecule has 1 heterocycles. The molecule has 0 N–H and O–H groups in total. The SMILES string of the molecule is O=C1/C(=C\c2cc(Br)c(OCc3cccc4ccccc34)c(Br)c2)SC(=S)N1c1cccc(C(F)(F)F)c1. The summed E-state index contributed by atoms with van der Waals surface area (Å²) in [5.74, 6) is 0.120. The molecule has 0 aliphatic carbocycles. The lowest BCUT2D eigenvalue weighted by molar-refractivity contribution is -0.137. The minimum absolute atomic E-state index is 0.0743. The van der Waals surface area contributed by atoms with E-state index >= 15 is 0 Å². The number of carbonyl (C=O) groups excluding carboxylic acids is 1. The summed E-state index contributed by atoms with van der Waals surface area (Å²) in [6.45, 7) is 0.355. The van der Waals surface area contributed by atoms with Crippen LogP contribution in [-0.2, 0) is 17.6 Å². The number of amides is 1. The maximum Gasteiger partial charge on any atom is 0.416 e. The first-order valence-electron chi connectivity index (χ1n) is 11.2. The number of nitrogens with zero attached hydrogens (tertiary/aromatic N) is 1. The first-order valence-corrected chi connectivity index (χ1v) is 14.0. The highest BCUT2D eigenvalue weighted by molar-refractivity contribution is 9.11. The minimum Gasteiger partial charge on any atom is -0.487 e. The zero-order chi connectivity index (χ0) is 27.0. The van der Waals surface area contributed by atoms with Crippen LogP contribution in [0, 0.1) is 0 Å². The van der Waals surface area contributed by atoms with Gasteiger partial charge in [0.1, 0.15) is 12.4 Å². The Morgan fingerprint density at radius 3 is 2.37 bits per heavy atom. The monoisotopic (exact) mass is 677 g/mol. The number of alkyl halides is 3. The predicted molar refractivity (Wildman–Crippen MR) is 157 cm³/mol. The van der Waals surface area contributed by atoms with Crippen LogP contribution in [0.25, 0.3) is 16.8 Å². The van der Waals surface area contributed by atoms with Gasteiger partial charge >= 0.3 is 6.18 Å². The quantitative estimate of drug-likeness (QED) is 0.155. The molecular weight excluding hydrogens is 663 g/mol.